The van der Waals surface area contributed by atoms with E-state index in [-0.39, 0.29) is 12.1 Å². The third-order valence-corrected chi connectivity index (χ3v) is 3.01. The Hall–Kier alpha value is -0.160. The molecule has 3 N–H and O–H groups in total. The summed E-state index contributed by atoms with van der Waals surface area (Å²) >= 11 is 0. The summed E-state index contributed by atoms with van der Waals surface area (Å²) in [5, 5.41) is 0. The van der Waals surface area contributed by atoms with Gasteiger partial charge >= 0.3 is 0 Å². The van der Waals surface area contributed by atoms with Crippen LogP contribution in [0.5, 0.6) is 0 Å². The number of rotatable bonds is 5. The minimum Gasteiger partial charge on any atom is -0.374 e. The molecule has 2 atom stereocenters. The average Bonchev–Trinajstić information content (AvgIpc) is 2.25. The maximum atomic E-state index is 5.78. The fourth-order valence-electron chi connectivity index (χ4n) is 2.10. The summed E-state index contributed by atoms with van der Waals surface area (Å²) in [4.78, 5) is 2.42. The zero-order valence-electron chi connectivity index (χ0n) is 10.2. The Morgan fingerprint density at radius 2 is 2.27 bits per heavy atom. The van der Waals surface area contributed by atoms with Gasteiger partial charge in [0.15, 0.2) is 0 Å². The standard InChI is InChI=1S/C11H25N3O/c1-4-14-5-6-15-11(8-14)10(13-12)7-9(2)3/h9-11,13H,4-8,12H2,1-3H3. The SMILES string of the molecule is CCN1CCOC(C(CC(C)C)NN)C1. The van der Waals surface area contributed by atoms with Gasteiger partial charge in [-0.05, 0) is 18.9 Å². The predicted molar refractivity (Wildman–Crippen MR) is 62.4 cm³/mol. The summed E-state index contributed by atoms with van der Waals surface area (Å²) in [7, 11) is 0. The number of hydrogen-bond donors (Lipinski definition) is 2. The van der Waals surface area contributed by atoms with Crippen LogP contribution in [0.1, 0.15) is 27.2 Å². The summed E-state index contributed by atoms with van der Waals surface area (Å²) < 4.78 is 5.78. The van der Waals surface area contributed by atoms with Gasteiger partial charge < -0.3 is 4.74 Å². The molecule has 1 saturated heterocycles. The van der Waals surface area contributed by atoms with Gasteiger partial charge in [-0.15, -0.1) is 0 Å². The molecule has 0 aromatic heterocycles. The molecule has 0 aromatic rings. The zero-order chi connectivity index (χ0) is 11.3. The van der Waals surface area contributed by atoms with Crippen molar-refractivity contribution in [3.05, 3.63) is 0 Å². The van der Waals surface area contributed by atoms with Gasteiger partial charge in [-0.25, -0.2) is 0 Å². The van der Waals surface area contributed by atoms with Gasteiger partial charge in [0.05, 0.1) is 12.7 Å². The minimum absolute atomic E-state index is 0.242. The molecule has 0 aromatic carbocycles. The molecule has 2 unspecified atom stereocenters. The molecular formula is C11H25N3O. The number of likely N-dealkylation sites (N-methyl/N-ethyl adjacent to an activating group) is 1. The van der Waals surface area contributed by atoms with Crippen molar-refractivity contribution in [3.8, 4) is 0 Å². The van der Waals surface area contributed by atoms with Crippen LogP contribution in [-0.2, 0) is 4.74 Å². The second kappa shape index (κ2) is 6.43. The monoisotopic (exact) mass is 215 g/mol. The summed E-state index contributed by atoms with van der Waals surface area (Å²) in [5.41, 5.74) is 2.90. The van der Waals surface area contributed by atoms with Crippen molar-refractivity contribution in [2.45, 2.75) is 39.3 Å². The van der Waals surface area contributed by atoms with Crippen molar-refractivity contribution in [3.63, 3.8) is 0 Å². The molecule has 0 amide bonds. The molecule has 1 heterocycles. The first-order valence-electron chi connectivity index (χ1n) is 5.97. The zero-order valence-corrected chi connectivity index (χ0v) is 10.2. The van der Waals surface area contributed by atoms with E-state index in [2.05, 4.69) is 31.1 Å². The Bertz CT molecular complexity index is 175. The van der Waals surface area contributed by atoms with Crippen LogP contribution in [0.15, 0.2) is 0 Å². The van der Waals surface area contributed by atoms with Crippen LogP contribution in [0.25, 0.3) is 0 Å². The molecule has 0 radical (unpaired) electrons. The van der Waals surface area contributed by atoms with Crippen LogP contribution < -0.4 is 11.3 Å². The Morgan fingerprint density at radius 1 is 1.53 bits per heavy atom. The number of hydrogen-bond acceptors (Lipinski definition) is 4. The van der Waals surface area contributed by atoms with E-state index in [1.54, 1.807) is 0 Å². The molecule has 4 heteroatoms. The first-order valence-corrected chi connectivity index (χ1v) is 5.97. The van der Waals surface area contributed by atoms with Crippen LogP contribution >= 0.6 is 0 Å². The lowest BCUT2D eigenvalue weighted by Gasteiger charge is -2.36. The molecule has 90 valence electrons. The van der Waals surface area contributed by atoms with Gasteiger partial charge in [-0.3, -0.25) is 16.2 Å². The molecule has 1 aliphatic rings. The lowest BCUT2D eigenvalue weighted by Crippen LogP contribution is -2.54. The van der Waals surface area contributed by atoms with Crippen molar-refractivity contribution >= 4 is 0 Å². The fraction of sp³-hybridized carbons (Fsp3) is 1.00. The van der Waals surface area contributed by atoms with Crippen LogP contribution in [-0.4, -0.2) is 43.3 Å². The number of nitrogens with two attached hydrogens (primary N) is 1. The molecule has 0 spiro atoms. The first-order chi connectivity index (χ1) is 7.17. The quantitative estimate of drug-likeness (QED) is 0.520. The van der Waals surface area contributed by atoms with Gasteiger partial charge in [0.25, 0.3) is 0 Å². The number of ether oxygens (including phenoxy) is 1. The summed E-state index contributed by atoms with van der Waals surface area (Å²) in [6.45, 7) is 10.6. The number of morpholine rings is 1. The first kappa shape index (κ1) is 12.9. The highest BCUT2D eigenvalue weighted by molar-refractivity contribution is 4.82. The Kier molecular flexibility index (Phi) is 5.53. The van der Waals surface area contributed by atoms with Crippen LogP contribution in [0, 0.1) is 5.92 Å². The molecule has 0 aliphatic carbocycles. The maximum absolute atomic E-state index is 5.78. The third-order valence-electron chi connectivity index (χ3n) is 3.01. The number of nitrogens with one attached hydrogen (secondary N) is 1. The van der Waals surface area contributed by atoms with Gasteiger partial charge in [-0.2, -0.15) is 0 Å². The van der Waals surface area contributed by atoms with Gasteiger partial charge in [0.1, 0.15) is 0 Å². The highest BCUT2D eigenvalue weighted by Gasteiger charge is 2.27. The van der Waals surface area contributed by atoms with E-state index >= 15 is 0 Å². The van der Waals surface area contributed by atoms with E-state index in [4.69, 9.17) is 10.6 Å². The summed E-state index contributed by atoms with van der Waals surface area (Å²) in [6, 6.07) is 0.277. The average molecular weight is 215 g/mol. The predicted octanol–water partition coefficient (Wildman–Crippen LogP) is 0.585. The molecule has 15 heavy (non-hydrogen) atoms. The second-order valence-electron chi connectivity index (χ2n) is 4.71. The number of hydrazine groups is 1. The summed E-state index contributed by atoms with van der Waals surface area (Å²) in [5.74, 6) is 6.24. The Balaban J connectivity index is 2.44. The van der Waals surface area contributed by atoms with E-state index in [0.29, 0.717) is 5.92 Å². The Labute approximate surface area is 93.1 Å². The highest BCUT2D eigenvalue weighted by Crippen LogP contribution is 2.14. The van der Waals surface area contributed by atoms with E-state index in [9.17, 15) is 0 Å². The molecule has 1 aliphatic heterocycles. The molecule has 1 fully saturated rings. The largest absolute Gasteiger partial charge is 0.374 e. The van der Waals surface area contributed by atoms with E-state index in [1.165, 1.54) is 0 Å². The lowest BCUT2D eigenvalue weighted by atomic mass is 9.98. The Morgan fingerprint density at radius 3 is 2.80 bits per heavy atom. The van der Waals surface area contributed by atoms with Crippen molar-refractivity contribution < 1.29 is 4.74 Å². The fourth-order valence-corrected chi connectivity index (χ4v) is 2.10. The van der Waals surface area contributed by atoms with Gasteiger partial charge in [0, 0.05) is 19.1 Å². The third kappa shape index (κ3) is 4.07. The van der Waals surface area contributed by atoms with Crippen molar-refractivity contribution in [1.29, 1.82) is 0 Å². The highest BCUT2D eigenvalue weighted by atomic mass is 16.5. The second-order valence-corrected chi connectivity index (χ2v) is 4.71. The molecule has 0 saturated carbocycles. The van der Waals surface area contributed by atoms with Crippen LogP contribution in [0.2, 0.25) is 0 Å². The van der Waals surface area contributed by atoms with Crippen molar-refractivity contribution in [1.82, 2.24) is 10.3 Å². The molecule has 1 rings (SSSR count). The van der Waals surface area contributed by atoms with E-state index < -0.39 is 0 Å². The molecular weight excluding hydrogens is 190 g/mol. The smallest absolute Gasteiger partial charge is 0.0868 e. The maximum Gasteiger partial charge on any atom is 0.0868 e. The molecule has 4 nitrogen and oxygen atoms in total. The minimum atomic E-state index is 0.242. The van der Waals surface area contributed by atoms with Gasteiger partial charge in [0.2, 0.25) is 0 Å². The normalized spacial score (nSPS) is 25.8. The van der Waals surface area contributed by atoms with Gasteiger partial charge in [-0.1, -0.05) is 20.8 Å². The number of nitrogens with zero attached hydrogens (tertiary/aromatic N) is 1. The lowest BCUT2D eigenvalue weighted by molar-refractivity contribution is -0.0479. The van der Waals surface area contributed by atoms with E-state index in [1.807, 2.05) is 0 Å². The topological polar surface area (TPSA) is 50.5 Å². The van der Waals surface area contributed by atoms with Crippen LogP contribution in [0.3, 0.4) is 0 Å². The molecule has 0 bridgehead atoms. The van der Waals surface area contributed by atoms with Crippen molar-refractivity contribution in [2.75, 3.05) is 26.2 Å². The van der Waals surface area contributed by atoms with Crippen LogP contribution in [0.4, 0.5) is 0 Å². The van der Waals surface area contributed by atoms with E-state index in [0.717, 1.165) is 32.7 Å². The summed E-state index contributed by atoms with van der Waals surface area (Å²) in [6.07, 6.45) is 1.31. The van der Waals surface area contributed by atoms with Crippen molar-refractivity contribution in [2.24, 2.45) is 11.8 Å².